The molecule has 23 heavy (non-hydrogen) atoms. The van der Waals surface area contributed by atoms with E-state index in [-0.39, 0.29) is 10.5 Å². The number of aliphatic carboxylic acids is 1. The molecule has 0 amide bonds. The minimum absolute atomic E-state index is 0.252. The summed E-state index contributed by atoms with van der Waals surface area (Å²) in [5, 5.41) is 19.3. The van der Waals surface area contributed by atoms with E-state index in [4.69, 9.17) is 0 Å². The van der Waals surface area contributed by atoms with Gasteiger partial charge in [-0.15, -0.1) is 0 Å². The van der Waals surface area contributed by atoms with Crippen LogP contribution in [0, 0.1) is 5.82 Å². The van der Waals surface area contributed by atoms with Gasteiger partial charge in [0.15, 0.2) is 0 Å². The molecule has 0 saturated carbocycles. The van der Waals surface area contributed by atoms with E-state index in [9.17, 15) is 27.8 Å². The largest absolute Gasteiger partial charge is 0.480 e. The molecule has 6 nitrogen and oxygen atoms in total. The highest BCUT2D eigenvalue weighted by Crippen LogP contribution is 2.19. The fraction of sp³-hybridized carbons (Fsp3) is 0.133. The summed E-state index contributed by atoms with van der Waals surface area (Å²) in [6.07, 6.45) is -1.58. The molecule has 0 aliphatic carbocycles. The maximum Gasteiger partial charge on any atom is 0.324 e. The van der Waals surface area contributed by atoms with Crippen molar-refractivity contribution in [2.24, 2.45) is 0 Å². The maximum atomic E-state index is 12.9. The number of benzene rings is 2. The van der Waals surface area contributed by atoms with E-state index in [1.807, 2.05) is 4.72 Å². The zero-order valence-corrected chi connectivity index (χ0v) is 12.6. The number of sulfonamides is 1. The zero-order chi connectivity index (χ0) is 17.0. The lowest BCUT2D eigenvalue weighted by Crippen LogP contribution is -2.44. The van der Waals surface area contributed by atoms with Crippen LogP contribution in [0.15, 0.2) is 59.5 Å². The van der Waals surface area contributed by atoms with E-state index in [1.54, 1.807) is 18.2 Å². The molecule has 0 fully saturated rings. The van der Waals surface area contributed by atoms with Gasteiger partial charge in [0.25, 0.3) is 0 Å². The Morgan fingerprint density at radius 3 is 2.13 bits per heavy atom. The van der Waals surface area contributed by atoms with Crippen LogP contribution in [0.5, 0.6) is 0 Å². The van der Waals surface area contributed by atoms with Crippen LogP contribution in [0.4, 0.5) is 4.39 Å². The van der Waals surface area contributed by atoms with Crippen molar-refractivity contribution >= 4 is 16.0 Å². The summed E-state index contributed by atoms with van der Waals surface area (Å²) < 4.78 is 39.2. The monoisotopic (exact) mass is 339 g/mol. The van der Waals surface area contributed by atoms with Gasteiger partial charge in [-0.3, -0.25) is 4.79 Å². The Morgan fingerprint density at radius 2 is 1.61 bits per heavy atom. The normalized spacial score (nSPS) is 14.2. The molecule has 3 N–H and O–H groups in total. The molecule has 2 unspecified atom stereocenters. The van der Waals surface area contributed by atoms with Crippen LogP contribution in [0.25, 0.3) is 0 Å². The van der Waals surface area contributed by atoms with Gasteiger partial charge >= 0.3 is 5.97 Å². The molecule has 8 heteroatoms. The number of hydrogen-bond donors (Lipinski definition) is 3. The Morgan fingerprint density at radius 1 is 1.04 bits per heavy atom. The number of nitrogens with one attached hydrogen (secondary N) is 1. The van der Waals surface area contributed by atoms with E-state index in [1.165, 1.54) is 12.1 Å². The molecule has 0 spiro atoms. The molecular formula is C15H14FNO5S. The van der Waals surface area contributed by atoms with Crippen molar-refractivity contribution in [1.82, 2.24) is 4.72 Å². The van der Waals surface area contributed by atoms with Crippen molar-refractivity contribution < 1.29 is 27.8 Å². The third kappa shape index (κ3) is 4.13. The summed E-state index contributed by atoms with van der Waals surface area (Å²) >= 11 is 0. The highest BCUT2D eigenvalue weighted by molar-refractivity contribution is 7.89. The van der Waals surface area contributed by atoms with Crippen LogP contribution < -0.4 is 4.72 Å². The zero-order valence-electron chi connectivity index (χ0n) is 11.8. The lowest BCUT2D eigenvalue weighted by molar-refractivity contribution is -0.141. The number of carboxylic acids is 1. The molecule has 0 aliphatic rings. The van der Waals surface area contributed by atoms with Crippen LogP contribution in [-0.2, 0) is 14.8 Å². The van der Waals surface area contributed by atoms with Crippen molar-refractivity contribution in [3.8, 4) is 0 Å². The molecule has 2 atom stereocenters. The van der Waals surface area contributed by atoms with Crippen molar-refractivity contribution in [3.05, 3.63) is 66.0 Å². The molecule has 0 radical (unpaired) electrons. The molecule has 2 aromatic rings. The van der Waals surface area contributed by atoms with Crippen molar-refractivity contribution in [2.45, 2.75) is 17.0 Å². The average Bonchev–Trinajstić information content (AvgIpc) is 2.53. The number of aliphatic hydroxyl groups excluding tert-OH is 1. The summed E-state index contributed by atoms with van der Waals surface area (Å²) in [7, 11) is -4.23. The molecule has 0 heterocycles. The molecule has 0 bridgehead atoms. The molecule has 0 aromatic heterocycles. The first kappa shape index (κ1) is 17.1. The smallest absolute Gasteiger partial charge is 0.324 e. The fourth-order valence-corrected chi connectivity index (χ4v) is 3.14. The number of hydrogen-bond acceptors (Lipinski definition) is 4. The average molecular weight is 339 g/mol. The molecule has 122 valence electrons. The van der Waals surface area contributed by atoms with E-state index < -0.39 is 34.0 Å². The summed E-state index contributed by atoms with van der Waals surface area (Å²) in [4.78, 5) is 11.0. The van der Waals surface area contributed by atoms with Gasteiger partial charge in [-0.1, -0.05) is 30.3 Å². The van der Waals surface area contributed by atoms with E-state index >= 15 is 0 Å². The lowest BCUT2D eigenvalue weighted by Gasteiger charge is -2.20. The summed E-state index contributed by atoms with van der Waals surface area (Å²) in [6.45, 7) is 0. The number of carboxylic acid groups (broad SMARTS) is 1. The van der Waals surface area contributed by atoms with Gasteiger partial charge < -0.3 is 10.2 Å². The Balaban J connectivity index is 2.29. The molecule has 2 aromatic carbocycles. The maximum absolute atomic E-state index is 12.9. The molecule has 0 aliphatic heterocycles. The van der Waals surface area contributed by atoms with Crippen molar-refractivity contribution in [3.63, 3.8) is 0 Å². The number of aliphatic hydroxyl groups is 1. The van der Waals surface area contributed by atoms with Crippen molar-refractivity contribution in [1.29, 1.82) is 0 Å². The topological polar surface area (TPSA) is 104 Å². The molecule has 0 saturated heterocycles. The summed E-state index contributed by atoms with van der Waals surface area (Å²) in [5.41, 5.74) is 0.252. The van der Waals surface area contributed by atoms with Gasteiger partial charge in [0.1, 0.15) is 18.0 Å². The van der Waals surface area contributed by atoms with E-state index in [0.717, 1.165) is 24.3 Å². The number of halogens is 1. The Bertz CT molecular complexity index is 777. The van der Waals surface area contributed by atoms with Crippen LogP contribution in [-0.4, -0.2) is 30.6 Å². The Labute approximate surface area is 132 Å². The van der Waals surface area contributed by atoms with E-state index in [2.05, 4.69) is 0 Å². The molecular weight excluding hydrogens is 325 g/mol. The third-order valence-electron chi connectivity index (χ3n) is 3.13. The summed E-state index contributed by atoms with van der Waals surface area (Å²) in [6, 6.07) is 9.92. The van der Waals surface area contributed by atoms with Crippen LogP contribution in [0.2, 0.25) is 0 Å². The highest BCUT2D eigenvalue weighted by atomic mass is 32.2. The van der Waals surface area contributed by atoms with Crippen LogP contribution in [0.1, 0.15) is 11.7 Å². The van der Waals surface area contributed by atoms with Crippen LogP contribution >= 0.6 is 0 Å². The summed E-state index contributed by atoms with van der Waals surface area (Å²) in [5.74, 6) is -2.16. The second-order valence-electron chi connectivity index (χ2n) is 4.75. The quantitative estimate of drug-likeness (QED) is 0.736. The fourth-order valence-electron chi connectivity index (χ4n) is 1.94. The number of carbonyl (C=O) groups is 1. The SMILES string of the molecule is O=C(O)C(NS(=O)(=O)c1ccc(F)cc1)C(O)c1ccccc1. The van der Waals surface area contributed by atoms with Gasteiger partial charge in [-0.05, 0) is 29.8 Å². The van der Waals surface area contributed by atoms with E-state index in [0.29, 0.717) is 0 Å². The van der Waals surface area contributed by atoms with Gasteiger partial charge in [0, 0.05) is 0 Å². The minimum atomic E-state index is -4.23. The Kier molecular flexibility index (Phi) is 5.09. The standard InChI is InChI=1S/C15H14FNO5S/c16-11-6-8-12(9-7-11)23(21,22)17-13(15(19)20)14(18)10-4-2-1-3-5-10/h1-9,13-14,17-18H,(H,19,20). The van der Waals surface area contributed by atoms with Gasteiger partial charge in [0.2, 0.25) is 10.0 Å². The van der Waals surface area contributed by atoms with Gasteiger partial charge in [0.05, 0.1) is 4.90 Å². The molecule has 2 rings (SSSR count). The lowest BCUT2D eigenvalue weighted by atomic mass is 10.0. The van der Waals surface area contributed by atoms with Crippen molar-refractivity contribution in [2.75, 3.05) is 0 Å². The minimum Gasteiger partial charge on any atom is -0.480 e. The second kappa shape index (κ2) is 6.86. The number of rotatable bonds is 6. The second-order valence-corrected chi connectivity index (χ2v) is 6.46. The first-order valence-corrected chi connectivity index (χ1v) is 8.03. The van der Waals surface area contributed by atoms with Gasteiger partial charge in [-0.2, -0.15) is 4.72 Å². The predicted octanol–water partition coefficient (Wildman–Crippen LogP) is 1.29. The first-order chi connectivity index (χ1) is 10.8. The van der Waals surface area contributed by atoms with Crippen LogP contribution in [0.3, 0.4) is 0 Å². The Hall–Kier alpha value is -2.29. The first-order valence-electron chi connectivity index (χ1n) is 6.55. The highest BCUT2D eigenvalue weighted by Gasteiger charge is 2.32. The predicted molar refractivity (Wildman–Crippen MR) is 79.5 cm³/mol. The van der Waals surface area contributed by atoms with Gasteiger partial charge in [-0.25, -0.2) is 12.8 Å². The third-order valence-corrected chi connectivity index (χ3v) is 4.59.